The zero-order valence-electron chi connectivity index (χ0n) is 6.50. The van der Waals surface area contributed by atoms with Crippen LogP contribution >= 0.6 is 35.3 Å². The van der Waals surface area contributed by atoms with Gasteiger partial charge >= 0.3 is 0 Å². The molecule has 0 unspecified atom stereocenters. The van der Waals surface area contributed by atoms with Crippen LogP contribution in [-0.4, -0.2) is 0 Å². The van der Waals surface area contributed by atoms with Crippen molar-refractivity contribution in [3.8, 4) is 0 Å². The van der Waals surface area contributed by atoms with Crippen molar-refractivity contribution in [3.63, 3.8) is 0 Å². The van der Waals surface area contributed by atoms with Crippen LogP contribution in [0, 0.1) is 5.92 Å². The second kappa shape index (κ2) is 3.97. The van der Waals surface area contributed by atoms with Crippen molar-refractivity contribution >= 4 is 35.3 Å². The molecule has 1 atom stereocenters. The van der Waals surface area contributed by atoms with E-state index in [-0.39, 0.29) is 18.4 Å². The van der Waals surface area contributed by atoms with Crippen molar-refractivity contribution < 1.29 is 0 Å². The van der Waals surface area contributed by atoms with Crippen LogP contribution in [0.15, 0.2) is 11.4 Å². The highest BCUT2D eigenvalue weighted by Crippen LogP contribution is 2.43. The molecule has 68 valence electrons. The Labute approximate surface area is 87.3 Å². The van der Waals surface area contributed by atoms with Gasteiger partial charge in [-0.1, -0.05) is 11.6 Å². The minimum atomic E-state index is 0. The Morgan fingerprint density at radius 2 is 2.25 bits per heavy atom. The minimum absolute atomic E-state index is 0. The maximum absolute atomic E-state index is 5.97. The Hall–Kier alpha value is 0.240. The van der Waals surface area contributed by atoms with E-state index in [0.717, 1.165) is 9.90 Å². The highest BCUT2D eigenvalue weighted by Gasteiger charge is 2.31. The molecule has 1 fully saturated rings. The Kier molecular flexibility index (Phi) is 3.41. The van der Waals surface area contributed by atoms with Crippen LogP contribution in [-0.2, 0) is 0 Å². The van der Waals surface area contributed by atoms with Gasteiger partial charge in [0.15, 0.2) is 0 Å². The smallest absolute Gasteiger partial charge is 0.0561 e. The van der Waals surface area contributed by atoms with Gasteiger partial charge < -0.3 is 5.73 Å². The number of hydrogen-bond acceptors (Lipinski definition) is 2. The fourth-order valence-electron chi connectivity index (χ4n) is 1.21. The molecule has 1 heterocycles. The molecular formula is C8H11Cl2NS. The van der Waals surface area contributed by atoms with E-state index in [1.807, 2.05) is 11.4 Å². The Bertz CT molecular complexity index is 257. The summed E-state index contributed by atoms with van der Waals surface area (Å²) in [6.07, 6.45) is 2.55. The lowest BCUT2D eigenvalue weighted by molar-refractivity contribution is 0.645. The molecule has 0 amide bonds. The Balaban J connectivity index is 0.000000720. The summed E-state index contributed by atoms with van der Waals surface area (Å²) < 4.78 is 0. The lowest BCUT2D eigenvalue weighted by Crippen LogP contribution is -2.10. The first-order chi connectivity index (χ1) is 5.29. The monoisotopic (exact) mass is 223 g/mol. The number of halogens is 2. The molecule has 1 aromatic heterocycles. The van der Waals surface area contributed by atoms with Gasteiger partial charge in [0.1, 0.15) is 0 Å². The number of hydrogen-bond donors (Lipinski definition) is 1. The Morgan fingerprint density at radius 1 is 1.58 bits per heavy atom. The van der Waals surface area contributed by atoms with E-state index in [2.05, 4.69) is 0 Å². The molecule has 1 saturated carbocycles. The fraction of sp³-hybridized carbons (Fsp3) is 0.500. The van der Waals surface area contributed by atoms with E-state index in [9.17, 15) is 0 Å². The Morgan fingerprint density at radius 3 is 2.67 bits per heavy atom. The maximum Gasteiger partial charge on any atom is 0.0561 e. The van der Waals surface area contributed by atoms with Gasteiger partial charge in [0.2, 0.25) is 0 Å². The van der Waals surface area contributed by atoms with Gasteiger partial charge in [-0.15, -0.1) is 23.7 Å². The number of nitrogens with two attached hydrogens (primary N) is 1. The largest absolute Gasteiger partial charge is 0.323 e. The first kappa shape index (κ1) is 10.3. The first-order valence-corrected chi connectivity index (χ1v) is 5.03. The molecule has 0 aromatic carbocycles. The van der Waals surface area contributed by atoms with E-state index >= 15 is 0 Å². The van der Waals surface area contributed by atoms with Crippen molar-refractivity contribution in [3.05, 3.63) is 21.3 Å². The predicted octanol–water partition coefficient (Wildman–Crippen LogP) is 3.23. The second-order valence-corrected chi connectivity index (χ2v) is 4.35. The summed E-state index contributed by atoms with van der Waals surface area (Å²) in [5.41, 5.74) is 5.97. The van der Waals surface area contributed by atoms with Gasteiger partial charge in [0.05, 0.1) is 5.02 Å². The summed E-state index contributed by atoms with van der Waals surface area (Å²) in [6.45, 7) is 0. The third kappa shape index (κ3) is 1.94. The molecule has 0 bridgehead atoms. The molecule has 1 aromatic rings. The standard InChI is InChI=1S/C8H10ClNS.ClH/c9-6-3-4-11-8(6)7(10)5-1-2-5;/h3-5,7H,1-2,10H2;1H/t7-;/m0./s1. The van der Waals surface area contributed by atoms with E-state index in [1.165, 1.54) is 12.8 Å². The summed E-state index contributed by atoms with van der Waals surface area (Å²) in [5, 5.41) is 2.84. The van der Waals surface area contributed by atoms with Crippen LogP contribution in [0.25, 0.3) is 0 Å². The molecule has 1 aliphatic carbocycles. The van der Waals surface area contributed by atoms with Crippen LogP contribution in [0.4, 0.5) is 0 Å². The molecule has 0 radical (unpaired) electrons. The van der Waals surface area contributed by atoms with Crippen molar-refractivity contribution in [2.75, 3.05) is 0 Å². The van der Waals surface area contributed by atoms with Gasteiger partial charge in [-0.05, 0) is 30.2 Å². The quantitative estimate of drug-likeness (QED) is 0.819. The zero-order chi connectivity index (χ0) is 7.84. The molecule has 1 aliphatic rings. The van der Waals surface area contributed by atoms with Gasteiger partial charge in [-0.2, -0.15) is 0 Å². The van der Waals surface area contributed by atoms with Crippen LogP contribution in [0.1, 0.15) is 23.8 Å². The van der Waals surface area contributed by atoms with Crippen LogP contribution in [0.3, 0.4) is 0 Å². The number of thiophene rings is 1. The summed E-state index contributed by atoms with van der Waals surface area (Å²) in [5.74, 6) is 0.700. The first-order valence-electron chi connectivity index (χ1n) is 3.77. The highest BCUT2D eigenvalue weighted by molar-refractivity contribution is 7.10. The number of rotatable bonds is 2. The second-order valence-electron chi connectivity index (χ2n) is 3.00. The van der Waals surface area contributed by atoms with Gasteiger partial charge in [-0.3, -0.25) is 0 Å². The molecule has 0 spiro atoms. The van der Waals surface area contributed by atoms with Crippen molar-refractivity contribution in [2.24, 2.45) is 11.7 Å². The third-order valence-corrected chi connectivity index (χ3v) is 3.54. The zero-order valence-corrected chi connectivity index (χ0v) is 8.88. The van der Waals surface area contributed by atoms with E-state index in [4.69, 9.17) is 17.3 Å². The van der Waals surface area contributed by atoms with Crippen LogP contribution in [0.2, 0.25) is 5.02 Å². The summed E-state index contributed by atoms with van der Waals surface area (Å²) in [6, 6.07) is 2.12. The molecule has 0 saturated heterocycles. The normalized spacial score (nSPS) is 18.5. The molecule has 1 nitrogen and oxygen atoms in total. The van der Waals surface area contributed by atoms with Gasteiger partial charge in [0, 0.05) is 10.9 Å². The van der Waals surface area contributed by atoms with Crippen molar-refractivity contribution in [2.45, 2.75) is 18.9 Å². The maximum atomic E-state index is 5.97. The SMILES string of the molecule is Cl.N[C@H](c1sccc1Cl)C1CC1. The van der Waals surface area contributed by atoms with Crippen LogP contribution in [0.5, 0.6) is 0 Å². The van der Waals surface area contributed by atoms with Crippen molar-refractivity contribution in [1.29, 1.82) is 0 Å². The molecule has 2 N–H and O–H groups in total. The van der Waals surface area contributed by atoms with Gasteiger partial charge in [-0.25, -0.2) is 0 Å². The lowest BCUT2D eigenvalue weighted by Gasteiger charge is -2.07. The third-order valence-electron chi connectivity index (χ3n) is 2.08. The molecular weight excluding hydrogens is 213 g/mol. The van der Waals surface area contributed by atoms with Crippen LogP contribution < -0.4 is 5.73 Å². The highest BCUT2D eigenvalue weighted by atomic mass is 35.5. The van der Waals surface area contributed by atoms with Crippen molar-refractivity contribution in [1.82, 2.24) is 0 Å². The lowest BCUT2D eigenvalue weighted by atomic mass is 10.2. The van der Waals surface area contributed by atoms with Gasteiger partial charge in [0.25, 0.3) is 0 Å². The minimum Gasteiger partial charge on any atom is -0.323 e. The topological polar surface area (TPSA) is 26.0 Å². The molecule has 4 heteroatoms. The summed E-state index contributed by atoms with van der Waals surface area (Å²) >= 11 is 7.61. The summed E-state index contributed by atoms with van der Waals surface area (Å²) in [4.78, 5) is 1.16. The molecule has 12 heavy (non-hydrogen) atoms. The van der Waals surface area contributed by atoms with E-state index in [0.29, 0.717) is 5.92 Å². The van der Waals surface area contributed by atoms with E-state index in [1.54, 1.807) is 11.3 Å². The fourth-order valence-corrected chi connectivity index (χ4v) is 2.49. The van der Waals surface area contributed by atoms with E-state index < -0.39 is 0 Å². The average molecular weight is 224 g/mol. The average Bonchev–Trinajstić information content (AvgIpc) is 2.74. The molecule has 2 rings (SSSR count). The predicted molar refractivity (Wildman–Crippen MR) is 56.2 cm³/mol. The molecule has 0 aliphatic heterocycles. The summed E-state index contributed by atoms with van der Waals surface area (Å²) in [7, 11) is 0.